The molecule has 136 valence electrons. The second kappa shape index (κ2) is 8.33. The number of rotatable bonds is 4. The number of aryl methyl sites for hydroxylation is 2. The first-order valence-corrected chi connectivity index (χ1v) is 9.03. The largest absolute Gasteiger partial charge is 0.320 e. The SMILES string of the molecule is Cc1ccc(N=Nc2ccc(C)cc2NC(=O)c2ccc(Cl)c(Cl)c2)cc1. The van der Waals surface area contributed by atoms with Gasteiger partial charge in [-0.25, -0.2) is 0 Å². The molecule has 0 aliphatic carbocycles. The Kier molecular flexibility index (Phi) is 5.89. The summed E-state index contributed by atoms with van der Waals surface area (Å²) in [6.07, 6.45) is 0. The molecule has 0 radical (unpaired) electrons. The van der Waals surface area contributed by atoms with E-state index in [1.807, 2.05) is 56.3 Å². The molecule has 3 rings (SSSR count). The Hall–Kier alpha value is -2.69. The highest BCUT2D eigenvalue weighted by Crippen LogP contribution is 2.29. The lowest BCUT2D eigenvalue weighted by Crippen LogP contribution is -2.12. The zero-order valence-corrected chi connectivity index (χ0v) is 16.3. The molecule has 1 amide bonds. The van der Waals surface area contributed by atoms with E-state index in [1.54, 1.807) is 12.1 Å². The van der Waals surface area contributed by atoms with Crippen LogP contribution in [0, 0.1) is 13.8 Å². The van der Waals surface area contributed by atoms with E-state index < -0.39 is 0 Å². The van der Waals surface area contributed by atoms with Crippen LogP contribution in [-0.4, -0.2) is 5.91 Å². The molecule has 3 aromatic rings. The third-order valence-electron chi connectivity index (χ3n) is 3.89. The van der Waals surface area contributed by atoms with E-state index in [0.29, 0.717) is 27.0 Å². The van der Waals surface area contributed by atoms with E-state index in [4.69, 9.17) is 23.2 Å². The number of carbonyl (C=O) groups is 1. The van der Waals surface area contributed by atoms with Crippen molar-refractivity contribution in [3.8, 4) is 0 Å². The van der Waals surface area contributed by atoms with Gasteiger partial charge < -0.3 is 5.32 Å². The predicted octanol–water partition coefficient (Wildman–Crippen LogP) is 7.28. The Morgan fingerprint density at radius 3 is 2.22 bits per heavy atom. The minimum absolute atomic E-state index is 0.300. The summed E-state index contributed by atoms with van der Waals surface area (Å²) in [4.78, 5) is 12.6. The summed E-state index contributed by atoms with van der Waals surface area (Å²) in [5.74, 6) is -0.300. The maximum Gasteiger partial charge on any atom is 0.255 e. The van der Waals surface area contributed by atoms with E-state index >= 15 is 0 Å². The lowest BCUT2D eigenvalue weighted by Gasteiger charge is -2.09. The fourth-order valence-corrected chi connectivity index (χ4v) is 2.69. The molecule has 0 aromatic heterocycles. The summed E-state index contributed by atoms with van der Waals surface area (Å²) in [6, 6.07) is 18.0. The van der Waals surface area contributed by atoms with Crippen LogP contribution < -0.4 is 5.32 Å². The van der Waals surface area contributed by atoms with Crippen LogP contribution in [0.25, 0.3) is 0 Å². The van der Waals surface area contributed by atoms with Crippen molar-refractivity contribution in [2.75, 3.05) is 5.32 Å². The Morgan fingerprint density at radius 2 is 1.52 bits per heavy atom. The summed E-state index contributed by atoms with van der Waals surface area (Å²) in [5, 5.41) is 12.1. The van der Waals surface area contributed by atoms with Gasteiger partial charge in [0, 0.05) is 5.56 Å². The van der Waals surface area contributed by atoms with Crippen molar-refractivity contribution in [1.82, 2.24) is 0 Å². The van der Waals surface area contributed by atoms with Crippen LogP contribution in [0.3, 0.4) is 0 Å². The molecule has 0 unspecified atom stereocenters. The van der Waals surface area contributed by atoms with Gasteiger partial charge in [0.15, 0.2) is 0 Å². The number of amides is 1. The van der Waals surface area contributed by atoms with E-state index in [9.17, 15) is 4.79 Å². The van der Waals surface area contributed by atoms with Crippen LogP contribution in [0.5, 0.6) is 0 Å². The molecule has 0 atom stereocenters. The summed E-state index contributed by atoms with van der Waals surface area (Å²) in [7, 11) is 0. The van der Waals surface area contributed by atoms with Crippen LogP contribution in [0.4, 0.5) is 17.1 Å². The van der Waals surface area contributed by atoms with Gasteiger partial charge in [-0.15, -0.1) is 5.11 Å². The van der Waals surface area contributed by atoms with Gasteiger partial charge in [-0.2, -0.15) is 5.11 Å². The molecular formula is C21H17Cl2N3O. The van der Waals surface area contributed by atoms with Crippen LogP contribution in [0.2, 0.25) is 10.0 Å². The van der Waals surface area contributed by atoms with Gasteiger partial charge in [0.25, 0.3) is 5.91 Å². The van der Waals surface area contributed by atoms with E-state index in [2.05, 4.69) is 15.5 Å². The first-order valence-electron chi connectivity index (χ1n) is 8.28. The normalized spacial score (nSPS) is 11.0. The molecular weight excluding hydrogens is 381 g/mol. The topological polar surface area (TPSA) is 53.8 Å². The van der Waals surface area contributed by atoms with Gasteiger partial charge >= 0.3 is 0 Å². The van der Waals surface area contributed by atoms with Gasteiger partial charge in [0.2, 0.25) is 0 Å². The summed E-state index contributed by atoms with van der Waals surface area (Å²) >= 11 is 11.9. The Morgan fingerprint density at radius 1 is 0.815 bits per heavy atom. The fraction of sp³-hybridized carbons (Fsp3) is 0.0952. The second-order valence-electron chi connectivity index (χ2n) is 6.14. The van der Waals surface area contributed by atoms with Crippen molar-refractivity contribution in [1.29, 1.82) is 0 Å². The summed E-state index contributed by atoms with van der Waals surface area (Å²) < 4.78 is 0. The molecule has 0 heterocycles. The van der Waals surface area contributed by atoms with Crippen LogP contribution in [0.1, 0.15) is 21.5 Å². The van der Waals surface area contributed by atoms with Gasteiger partial charge in [-0.3, -0.25) is 4.79 Å². The first kappa shape index (κ1) is 19.1. The molecule has 0 spiro atoms. The number of nitrogens with one attached hydrogen (secondary N) is 1. The predicted molar refractivity (Wildman–Crippen MR) is 111 cm³/mol. The van der Waals surface area contributed by atoms with Gasteiger partial charge in [0.05, 0.1) is 21.4 Å². The van der Waals surface area contributed by atoms with Crippen molar-refractivity contribution in [2.45, 2.75) is 13.8 Å². The number of halogens is 2. The summed E-state index contributed by atoms with van der Waals surface area (Å²) in [6.45, 7) is 3.95. The number of anilines is 1. The highest BCUT2D eigenvalue weighted by Gasteiger charge is 2.11. The molecule has 4 nitrogen and oxygen atoms in total. The second-order valence-corrected chi connectivity index (χ2v) is 6.95. The van der Waals surface area contributed by atoms with Crippen molar-refractivity contribution in [2.24, 2.45) is 10.2 Å². The number of hydrogen-bond acceptors (Lipinski definition) is 3. The van der Waals surface area contributed by atoms with Gasteiger partial charge in [-0.05, 0) is 61.9 Å². The van der Waals surface area contributed by atoms with Crippen molar-refractivity contribution < 1.29 is 4.79 Å². The number of nitrogens with zero attached hydrogens (tertiary/aromatic N) is 2. The third-order valence-corrected chi connectivity index (χ3v) is 4.63. The van der Waals surface area contributed by atoms with Gasteiger partial charge in [0.1, 0.15) is 5.69 Å². The smallest absolute Gasteiger partial charge is 0.255 e. The molecule has 0 aliphatic rings. The zero-order valence-electron chi connectivity index (χ0n) is 14.8. The quantitative estimate of drug-likeness (QED) is 0.461. The number of hydrogen-bond donors (Lipinski definition) is 1. The minimum Gasteiger partial charge on any atom is -0.320 e. The van der Waals surface area contributed by atoms with Crippen LogP contribution >= 0.6 is 23.2 Å². The first-order chi connectivity index (χ1) is 12.9. The van der Waals surface area contributed by atoms with E-state index in [1.165, 1.54) is 6.07 Å². The average molecular weight is 398 g/mol. The molecule has 0 aliphatic heterocycles. The van der Waals surface area contributed by atoms with Crippen LogP contribution in [-0.2, 0) is 0 Å². The molecule has 1 N–H and O–H groups in total. The zero-order chi connectivity index (χ0) is 19.4. The van der Waals surface area contributed by atoms with Crippen molar-refractivity contribution in [3.05, 3.63) is 87.4 Å². The molecule has 27 heavy (non-hydrogen) atoms. The molecule has 0 saturated carbocycles. The molecule has 0 fully saturated rings. The fourth-order valence-electron chi connectivity index (χ4n) is 2.39. The number of benzene rings is 3. The standard InChI is InChI=1S/C21H17Cl2N3O/c1-13-3-7-16(8-4-13)25-26-19-10-5-14(2)11-20(19)24-21(27)15-6-9-17(22)18(23)12-15/h3-12H,1-2H3,(H,24,27). The van der Waals surface area contributed by atoms with Crippen molar-refractivity contribution >= 4 is 46.2 Å². The van der Waals surface area contributed by atoms with Crippen LogP contribution in [0.15, 0.2) is 70.9 Å². The number of carbonyl (C=O) groups excluding carboxylic acids is 1. The maximum absolute atomic E-state index is 12.6. The lowest BCUT2D eigenvalue weighted by molar-refractivity contribution is 0.102. The molecule has 0 bridgehead atoms. The average Bonchev–Trinajstić information content (AvgIpc) is 2.64. The lowest BCUT2D eigenvalue weighted by atomic mass is 10.1. The minimum atomic E-state index is -0.300. The summed E-state index contributed by atoms with van der Waals surface area (Å²) in [5.41, 5.74) is 4.43. The number of azo groups is 1. The molecule has 6 heteroatoms. The highest BCUT2D eigenvalue weighted by atomic mass is 35.5. The Labute approximate surface area is 167 Å². The molecule has 0 saturated heterocycles. The van der Waals surface area contributed by atoms with E-state index in [0.717, 1.165) is 16.8 Å². The van der Waals surface area contributed by atoms with E-state index in [-0.39, 0.29) is 5.91 Å². The van der Waals surface area contributed by atoms with Gasteiger partial charge in [-0.1, -0.05) is 47.0 Å². The maximum atomic E-state index is 12.6. The van der Waals surface area contributed by atoms with Crippen molar-refractivity contribution in [3.63, 3.8) is 0 Å². The third kappa shape index (κ3) is 4.94. The Balaban J connectivity index is 1.86. The monoisotopic (exact) mass is 397 g/mol. The molecule has 3 aromatic carbocycles. The highest BCUT2D eigenvalue weighted by molar-refractivity contribution is 6.42. The Bertz CT molecular complexity index is 1010.